The second-order valence-electron chi connectivity index (χ2n) is 7.67. The Labute approximate surface area is 179 Å². The number of rotatable bonds is 4. The minimum Gasteiger partial charge on any atom is -0.457 e. The molecule has 5 rings (SSSR count). The molecule has 0 radical (unpaired) electrons. The van der Waals surface area contributed by atoms with Gasteiger partial charge in [-0.05, 0) is 55.3 Å². The van der Waals surface area contributed by atoms with Gasteiger partial charge in [0.25, 0.3) is 5.56 Å². The van der Waals surface area contributed by atoms with Gasteiger partial charge in [-0.15, -0.1) is 0 Å². The molecule has 0 aliphatic carbocycles. The lowest BCUT2D eigenvalue weighted by molar-refractivity contribution is 0.371. The Bertz CT molecular complexity index is 1260. The molecule has 7 heteroatoms. The molecule has 1 aliphatic rings. The molecule has 156 valence electrons. The number of anilines is 1. The molecule has 31 heavy (non-hydrogen) atoms. The lowest BCUT2D eigenvalue weighted by Gasteiger charge is -2.26. The molecule has 3 heterocycles. The number of piperidine rings is 1. The van der Waals surface area contributed by atoms with Gasteiger partial charge in [-0.1, -0.05) is 30.3 Å². The van der Waals surface area contributed by atoms with Crippen LogP contribution >= 0.6 is 0 Å². The summed E-state index contributed by atoms with van der Waals surface area (Å²) in [7, 11) is 0. The summed E-state index contributed by atoms with van der Waals surface area (Å²) in [5.74, 6) is 1.83. The first kappa shape index (κ1) is 19.3. The maximum Gasteiger partial charge on any atom is 0.260 e. The zero-order valence-corrected chi connectivity index (χ0v) is 17.0. The molecule has 2 aromatic heterocycles. The third kappa shape index (κ3) is 3.75. The number of nitrogens with zero attached hydrogens (tertiary/aromatic N) is 3. The third-order valence-corrected chi connectivity index (χ3v) is 5.64. The van der Waals surface area contributed by atoms with Crippen molar-refractivity contribution in [2.75, 3.05) is 18.8 Å². The van der Waals surface area contributed by atoms with Crippen molar-refractivity contribution >= 4 is 16.9 Å². The molecular formula is C24H23N5O2. The fourth-order valence-electron chi connectivity index (χ4n) is 4.09. The Kier molecular flexibility index (Phi) is 5.09. The number of hydrogen-bond donors (Lipinski definition) is 2. The molecule has 0 saturated carbocycles. The maximum atomic E-state index is 13.6. The van der Waals surface area contributed by atoms with Crippen molar-refractivity contribution in [1.82, 2.24) is 19.9 Å². The predicted molar refractivity (Wildman–Crippen MR) is 121 cm³/mol. The minimum absolute atomic E-state index is 0.0266. The van der Waals surface area contributed by atoms with Gasteiger partial charge < -0.3 is 15.8 Å². The van der Waals surface area contributed by atoms with Gasteiger partial charge in [0.2, 0.25) is 0 Å². The summed E-state index contributed by atoms with van der Waals surface area (Å²) >= 11 is 0. The van der Waals surface area contributed by atoms with Crippen LogP contribution < -0.4 is 21.3 Å². The fraction of sp³-hybridized carbons (Fsp3) is 0.208. The maximum absolute atomic E-state index is 13.6. The predicted octanol–water partition coefficient (Wildman–Crippen LogP) is 3.76. The van der Waals surface area contributed by atoms with Crippen LogP contribution in [0.3, 0.4) is 0 Å². The number of ether oxygens (including phenoxy) is 1. The van der Waals surface area contributed by atoms with E-state index in [1.807, 2.05) is 54.6 Å². The number of para-hydroxylation sites is 1. The summed E-state index contributed by atoms with van der Waals surface area (Å²) in [6.45, 7) is 1.69. The van der Waals surface area contributed by atoms with Gasteiger partial charge in [0.1, 0.15) is 29.3 Å². The first-order valence-corrected chi connectivity index (χ1v) is 10.4. The Morgan fingerprint density at radius 2 is 1.81 bits per heavy atom. The highest BCUT2D eigenvalue weighted by molar-refractivity contribution is 5.89. The molecule has 0 amide bonds. The molecule has 3 N–H and O–H groups in total. The number of pyridine rings is 1. The summed E-state index contributed by atoms with van der Waals surface area (Å²) in [6, 6.07) is 18.9. The molecule has 7 nitrogen and oxygen atoms in total. The van der Waals surface area contributed by atoms with Crippen molar-refractivity contribution < 1.29 is 4.74 Å². The average Bonchev–Trinajstić information content (AvgIpc) is 2.81. The van der Waals surface area contributed by atoms with Gasteiger partial charge in [-0.2, -0.15) is 0 Å². The van der Waals surface area contributed by atoms with Gasteiger partial charge in [0.15, 0.2) is 0 Å². The minimum atomic E-state index is -0.0731. The van der Waals surface area contributed by atoms with E-state index >= 15 is 0 Å². The lowest BCUT2D eigenvalue weighted by atomic mass is 10.0. The van der Waals surface area contributed by atoms with E-state index in [2.05, 4.69) is 15.3 Å². The molecule has 1 saturated heterocycles. The van der Waals surface area contributed by atoms with Crippen LogP contribution in [0, 0.1) is 0 Å². The van der Waals surface area contributed by atoms with Crippen LogP contribution in [-0.4, -0.2) is 27.6 Å². The molecule has 1 aliphatic heterocycles. The highest BCUT2D eigenvalue weighted by Gasteiger charge is 2.22. The first-order chi connectivity index (χ1) is 15.2. The van der Waals surface area contributed by atoms with Gasteiger partial charge >= 0.3 is 0 Å². The van der Waals surface area contributed by atoms with Crippen molar-refractivity contribution in [2.24, 2.45) is 0 Å². The third-order valence-electron chi connectivity index (χ3n) is 5.64. The van der Waals surface area contributed by atoms with Crippen molar-refractivity contribution in [1.29, 1.82) is 0 Å². The van der Waals surface area contributed by atoms with Gasteiger partial charge in [0.05, 0.1) is 11.4 Å². The summed E-state index contributed by atoms with van der Waals surface area (Å²) in [4.78, 5) is 22.1. The monoisotopic (exact) mass is 413 g/mol. The van der Waals surface area contributed by atoms with Crippen molar-refractivity contribution in [2.45, 2.75) is 18.9 Å². The van der Waals surface area contributed by atoms with E-state index < -0.39 is 0 Å². The molecule has 1 fully saturated rings. The molecular weight excluding hydrogens is 390 g/mol. The normalized spacial score (nSPS) is 16.3. The number of nitrogens with one attached hydrogen (secondary N) is 1. The zero-order chi connectivity index (χ0) is 21.2. The van der Waals surface area contributed by atoms with E-state index in [4.69, 9.17) is 10.5 Å². The van der Waals surface area contributed by atoms with Crippen LogP contribution in [0.15, 0.2) is 71.8 Å². The van der Waals surface area contributed by atoms with Crippen LogP contribution in [0.25, 0.3) is 22.2 Å². The number of aromatic nitrogens is 3. The average molecular weight is 413 g/mol. The first-order valence-electron chi connectivity index (χ1n) is 10.4. The topological polar surface area (TPSA) is 95.1 Å². The molecule has 0 bridgehead atoms. The van der Waals surface area contributed by atoms with E-state index in [9.17, 15) is 4.79 Å². The van der Waals surface area contributed by atoms with Crippen LogP contribution in [0.4, 0.5) is 5.82 Å². The number of nitrogen functional groups attached to an aromatic ring is 1. The van der Waals surface area contributed by atoms with E-state index in [-0.39, 0.29) is 11.6 Å². The Balaban J connectivity index is 1.59. The summed E-state index contributed by atoms with van der Waals surface area (Å²) < 4.78 is 7.66. The SMILES string of the molecule is Nc1ncnc2c1cc(-c1ccc(Oc3ccccc3)cc1)c(=O)n2[C@@H]1CCCNC1. The highest BCUT2D eigenvalue weighted by Crippen LogP contribution is 2.28. The number of hydrogen-bond acceptors (Lipinski definition) is 6. The smallest absolute Gasteiger partial charge is 0.260 e. The van der Waals surface area contributed by atoms with Crippen LogP contribution in [-0.2, 0) is 0 Å². The largest absolute Gasteiger partial charge is 0.457 e. The Morgan fingerprint density at radius 3 is 2.55 bits per heavy atom. The summed E-state index contributed by atoms with van der Waals surface area (Å²) in [6.07, 6.45) is 3.34. The lowest BCUT2D eigenvalue weighted by Crippen LogP contribution is -2.37. The van der Waals surface area contributed by atoms with Crippen LogP contribution in [0.5, 0.6) is 11.5 Å². The van der Waals surface area contributed by atoms with Gasteiger partial charge in [-0.25, -0.2) is 9.97 Å². The summed E-state index contributed by atoms with van der Waals surface area (Å²) in [5, 5.41) is 4.07. The van der Waals surface area contributed by atoms with E-state index in [1.165, 1.54) is 6.33 Å². The Morgan fingerprint density at radius 1 is 1.03 bits per heavy atom. The van der Waals surface area contributed by atoms with Crippen molar-refractivity contribution in [3.05, 3.63) is 77.3 Å². The van der Waals surface area contributed by atoms with E-state index in [1.54, 1.807) is 10.6 Å². The summed E-state index contributed by atoms with van der Waals surface area (Å²) in [5.41, 5.74) is 8.04. The van der Waals surface area contributed by atoms with Crippen LogP contribution in [0.2, 0.25) is 0 Å². The highest BCUT2D eigenvalue weighted by atomic mass is 16.5. The molecule has 0 spiro atoms. The van der Waals surface area contributed by atoms with Gasteiger partial charge in [-0.3, -0.25) is 9.36 Å². The van der Waals surface area contributed by atoms with Crippen molar-refractivity contribution in [3.63, 3.8) is 0 Å². The Hall–Kier alpha value is -3.71. The molecule has 0 unspecified atom stereocenters. The number of fused-ring (bicyclic) bond motifs is 1. The standard InChI is InChI=1S/C24H23N5O2/c25-22-21-13-20(16-8-10-19(11-9-16)31-18-6-2-1-3-7-18)24(30)29(23(21)28-15-27-22)17-5-4-12-26-14-17/h1-3,6-11,13,15,17,26H,4-5,12,14H2,(H2,25,27,28)/t17-/m1/s1. The second-order valence-corrected chi connectivity index (χ2v) is 7.67. The molecule has 1 atom stereocenters. The quantitative estimate of drug-likeness (QED) is 0.529. The fourth-order valence-corrected chi connectivity index (χ4v) is 4.09. The number of nitrogens with two attached hydrogens (primary N) is 1. The molecule has 4 aromatic rings. The van der Waals surface area contributed by atoms with Crippen LogP contribution in [0.1, 0.15) is 18.9 Å². The number of benzene rings is 2. The van der Waals surface area contributed by atoms with Gasteiger partial charge in [0, 0.05) is 12.1 Å². The van der Waals surface area contributed by atoms with E-state index in [0.29, 0.717) is 28.2 Å². The van der Waals surface area contributed by atoms with Crippen molar-refractivity contribution in [3.8, 4) is 22.6 Å². The molecule has 2 aromatic carbocycles. The zero-order valence-electron chi connectivity index (χ0n) is 17.0. The second kappa shape index (κ2) is 8.20. The van der Waals surface area contributed by atoms with E-state index in [0.717, 1.165) is 37.2 Å².